The van der Waals surface area contributed by atoms with E-state index in [4.69, 9.17) is 22.7 Å². The number of nitrogens with one attached hydrogen (secondary N) is 1. The van der Waals surface area contributed by atoms with Crippen molar-refractivity contribution in [3.63, 3.8) is 0 Å². The van der Waals surface area contributed by atoms with Gasteiger partial charge in [-0.05, 0) is 17.9 Å². The maximum Gasteiger partial charge on any atom is 0.234 e. The highest BCUT2D eigenvalue weighted by Crippen LogP contribution is 2.15. The largest absolute Gasteiger partial charge is 0.392 e. The number of thiocarbonyl (C=S) groups is 1. The molecule has 4 nitrogen and oxygen atoms in total. The van der Waals surface area contributed by atoms with Crippen LogP contribution in [0.15, 0.2) is 30.3 Å². The molecule has 0 spiro atoms. The van der Waals surface area contributed by atoms with Gasteiger partial charge in [0.05, 0.1) is 11.6 Å². The second kappa shape index (κ2) is 9.47. The number of nitrogens with two attached hydrogens (primary N) is 1. The molecule has 0 saturated carbocycles. The van der Waals surface area contributed by atoms with Gasteiger partial charge in [-0.25, -0.2) is 0 Å². The molecule has 0 aliphatic carbocycles. The number of hydrogen-bond acceptors (Lipinski definition) is 3. The zero-order valence-corrected chi connectivity index (χ0v) is 13.5. The lowest BCUT2D eigenvalue weighted by Crippen LogP contribution is -2.37. The predicted octanol–water partition coefficient (Wildman–Crippen LogP) is 2.24. The summed E-state index contributed by atoms with van der Waals surface area (Å²) in [5, 5.41) is 2.82. The van der Waals surface area contributed by atoms with Crippen LogP contribution in [0.2, 0.25) is 0 Å². The fourth-order valence-electron chi connectivity index (χ4n) is 1.86. The summed E-state index contributed by atoms with van der Waals surface area (Å²) in [5.41, 5.74) is 6.50. The molecule has 3 N–H and O–H groups in total. The zero-order valence-electron chi connectivity index (χ0n) is 12.7. The van der Waals surface area contributed by atoms with E-state index < -0.39 is 5.92 Å². The van der Waals surface area contributed by atoms with Crippen LogP contribution in [-0.4, -0.2) is 30.7 Å². The van der Waals surface area contributed by atoms with Crippen molar-refractivity contribution in [1.29, 1.82) is 0 Å². The van der Waals surface area contributed by atoms with E-state index in [9.17, 15) is 4.79 Å². The normalized spacial score (nSPS) is 12.1. The highest BCUT2D eigenvalue weighted by atomic mass is 32.1. The molecule has 116 valence electrons. The first-order valence-corrected chi connectivity index (χ1v) is 7.63. The molecule has 21 heavy (non-hydrogen) atoms. The first kappa shape index (κ1) is 17.6. The Hall–Kier alpha value is -1.46. The molecule has 0 aromatic heterocycles. The molecule has 1 amide bonds. The Labute approximate surface area is 132 Å². The van der Waals surface area contributed by atoms with Crippen LogP contribution in [0, 0.1) is 5.92 Å². The maximum atomic E-state index is 12.2. The van der Waals surface area contributed by atoms with Gasteiger partial charge in [-0.1, -0.05) is 56.4 Å². The summed E-state index contributed by atoms with van der Waals surface area (Å²) < 4.78 is 5.46. The van der Waals surface area contributed by atoms with Crippen molar-refractivity contribution in [2.24, 2.45) is 11.7 Å². The number of ether oxygens (including phenoxy) is 1. The van der Waals surface area contributed by atoms with Crippen molar-refractivity contribution in [2.75, 3.05) is 19.8 Å². The van der Waals surface area contributed by atoms with Crippen LogP contribution in [0.5, 0.6) is 0 Å². The van der Waals surface area contributed by atoms with E-state index in [0.29, 0.717) is 25.7 Å². The number of benzene rings is 1. The van der Waals surface area contributed by atoms with Gasteiger partial charge in [0.15, 0.2) is 0 Å². The molecule has 1 rings (SSSR count). The molecule has 0 fully saturated rings. The molecule has 1 atom stereocenters. The lowest BCUT2D eigenvalue weighted by Gasteiger charge is -2.16. The Kier molecular flexibility index (Phi) is 7.93. The van der Waals surface area contributed by atoms with Crippen LogP contribution in [0.4, 0.5) is 0 Å². The van der Waals surface area contributed by atoms with E-state index in [1.165, 1.54) is 0 Å². The van der Waals surface area contributed by atoms with Crippen LogP contribution in [0.1, 0.15) is 31.7 Å². The summed E-state index contributed by atoms with van der Waals surface area (Å²) >= 11 is 5.01. The van der Waals surface area contributed by atoms with Gasteiger partial charge in [-0.15, -0.1) is 0 Å². The van der Waals surface area contributed by atoms with E-state index >= 15 is 0 Å². The van der Waals surface area contributed by atoms with Gasteiger partial charge in [-0.2, -0.15) is 0 Å². The average Bonchev–Trinajstić information content (AvgIpc) is 2.43. The minimum Gasteiger partial charge on any atom is -0.392 e. The summed E-state index contributed by atoms with van der Waals surface area (Å²) in [4.78, 5) is 12.4. The number of rotatable bonds is 9. The van der Waals surface area contributed by atoms with Crippen molar-refractivity contribution in [2.45, 2.75) is 26.2 Å². The summed E-state index contributed by atoms with van der Waals surface area (Å²) in [6.45, 7) is 5.97. The second-order valence-corrected chi connectivity index (χ2v) is 5.80. The molecule has 0 saturated heterocycles. The van der Waals surface area contributed by atoms with Gasteiger partial charge in [0.2, 0.25) is 5.91 Å². The van der Waals surface area contributed by atoms with Crippen molar-refractivity contribution >= 4 is 23.1 Å². The minimum atomic E-state index is -0.586. The average molecular weight is 308 g/mol. The van der Waals surface area contributed by atoms with Gasteiger partial charge in [-0.3, -0.25) is 4.79 Å². The summed E-state index contributed by atoms with van der Waals surface area (Å²) in [6.07, 6.45) is 1.02. The van der Waals surface area contributed by atoms with Crippen LogP contribution in [-0.2, 0) is 9.53 Å². The van der Waals surface area contributed by atoms with E-state index in [1.807, 2.05) is 30.3 Å². The fourth-order valence-corrected chi connectivity index (χ4v) is 2.10. The molecule has 0 aliphatic heterocycles. The van der Waals surface area contributed by atoms with E-state index in [2.05, 4.69) is 19.2 Å². The highest BCUT2D eigenvalue weighted by Gasteiger charge is 2.22. The highest BCUT2D eigenvalue weighted by molar-refractivity contribution is 7.80. The maximum absolute atomic E-state index is 12.2. The molecule has 0 bridgehead atoms. The molecular weight excluding hydrogens is 284 g/mol. The number of hydrogen-bond donors (Lipinski definition) is 2. The molecule has 1 aromatic carbocycles. The molecule has 1 unspecified atom stereocenters. The molecule has 1 aromatic rings. The summed E-state index contributed by atoms with van der Waals surface area (Å²) in [5.74, 6) is -0.144. The van der Waals surface area contributed by atoms with Crippen molar-refractivity contribution in [3.8, 4) is 0 Å². The fraction of sp³-hybridized carbons (Fsp3) is 0.500. The van der Waals surface area contributed by atoms with Crippen molar-refractivity contribution < 1.29 is 9.53 Å². The third-order valence-corrected chi connectivity index (χ3v) is 3.30. The van der Waals surface area contributed by atoms with Gasteiger partial charge in [0.1, 0.15) is 5.92 Å². The van der Waals surface area contributed by atoms with Crippen LogP contribution < -0.4 is 11.1 Å². The van der Waals surface area contributed by atoms with Gasteiger partial charge in [0.25, 0.3) is 0 Å². The molecule has 0 aliphatic rings. The lowest BCUT2D eigenvalue weighted by atomic mass is 9.98. The van der Waals surface area contributed by atoms with Gasteiger partial charge >= 0.3 is 0 Å². The van der Waals surface area contributed by atoms with Crippen LogP contribution in [0.3, 0.4) is 0 Å². The Bertz CT molecular complexity index is 449. The van der Waals surface area contributed by atoms with Crippen molar-refractivity contribution in [1.82, 2.24) is 5.32 Å². The lowest BCUT2D eigenvalue weighted by molar-refractivity contribution is -0.121. The topological polar surface area (TPSA) is 64.3 Å². The summed E-state index contributed by atoms with van der Waals surface area (Å²) in [6, 6.07) is 9.32. The van der Waals surface area contributed by atoms with E-state index in [-0.39, 0.29) is 10.9 Å². The zero-order chi connectivity index (χ0) is 15.7. The predicted molar refractivity (Wildman–Crippen MR) is 89.3 cm³/mol. The Morgan fingerprint density at radius 1 is 1.29 bits per heavy atom. The number of carbonyl (C=O) groups excluding carboxylic acids is 1. The third-order valence-electron chi connectivity index (χ3n) is 3.06. The summed E-state index contributed by atoms with van der Waals surface area (Å²) in [7, 11) is 0. The van der Waals surface area contributed by atoms with E-state index in [0.717, 1.165) is 12.0 Å². The van der Waals surface area contributed by atoms with Crippen molar-refractivity contribution in [3.05, 3.63) is 35.9 Å². The van der Waals surface area contributed by atoms with Gasteiger partial charge in [0, 0.05) is 13.2 Å². The molecule has 5 heteroatoms. The first-order valence-electron chi connectivity index (χ1n) is 7.22. The minimum absolute atomic E-state index is 0.179. The molecular formula is C16H24N2O2S. The quantitative estimate of drug-likeness (QED) is 0.542. The number of amides is 1. The number of carbonyl (C=O) groups is 1. The van der Waals surface area contributed by atoms with Crippen LogP contribution in [0.25, 0.3) is 0 Å². The van der Waals surface area contributed by atoms with E-state index in [1.54, 1.807) is 0 Å². The Morgan fingerprint density at radius 3 is 2.52 bits per heavy atom. The monoisotopic (exact) mass is 308 g/mol. The first-order chi connectivity index (χ1) is 10.0. The Balaban J connectivity index is 2.40. The SMILES string of the molecule is CC(C)CCOCCNC(=O)C(C(N)=S)c1ccccc1. The van der Waals surface area contributed by atoms with Crippen LogP contribution >= 0.6 is 12.2 Å². The third kappa shape index (κ3) is 6.69. The second-order valence-electron chi connectivity index (χ2n) is 5.33. The standard InChI is InChI=1S/C16H24N2O2S/c1-12(2)8-10-20-11-9-18-16(19)14(15(17)21)13-6-4-3-5-7-13/h3-7,12,14H,8-11H2,1-2H3,(H2,17,21)(H,18,19). The smallest absolute Gasteiger partial charge is 0.234 e. The van der Waals surface area contributed by atoms with Gasteiger partial charge < -0.3 is 15.8 Å². The molecule has 0 radical (unpaired) electrons. The Morgan fingerprint density at radius 2 is 1.95 bits per heavy atom. The molecule has 0 heterocycles.